The molecular weight excluding hydrogens is 352 g/mol. The van der Waals surface area contributed by atoms with Gasteiger partial charge in [-0.15, -0.1) is 0 Å². The Labute approximate surface area is 139 Å². The van der Waals surface area contributed by atoms with Crippen LogP contribution in [0.5, 0.6) is 0 Å². The summed E-state index contributed by atoms with van der Waals surface area (Å²) < 4.78 is 39.2. The van der Waals surface area contributed by atoms with Crippen LogP contribution in [0.15, 0.2) is 53.6 Å². The molecule has 0 saturated carbocycles. The summed E-state index contributed by atoms with van der Waals surface area (Å²) >= 11 is 11.3. The number of carbonyl (C=O) groups excluding carboxylic acids is 1. The maximum Gasteiger partial charge on any atom is 0.435 e. The number of carbonyl (C=O) groups is 1. The second-order valence-corrected chi connectivity index (χ2v) is 5.29. The molecule has 0 aliphatic carbocycles. The number of amides is 1. The smallest absolute Gasteiger partial charge is 0.267 e. The van der Waals surface area contributed by atoms with Gasteiger partial charge in [0.25, 0.3) is 5.91 Å². The van der Waals surface area contributed by atoms with Crippen LogP contribution in [0.4, 0.5) is 13.2 Å². The van der Waals surface area contributed by atoms with Crippen LogP contribution in [-0.2, 0) is 0 Å². The van der Waals surface area contributed by atoms with Crippen LogP contribution < -0.4 is 5.43 Å². The Kier molecular flexibility index (Phi) is 5.28. The number of hydrogen-bond donors (Lipinski definition) is 1. The Morgan fingerprint density at radius 2 is 1.30 bits per heavy atom. The minimum atomic E-state index is -4.74. The van der Waals surface area contributed by atoms with Crippen molar-refractivity contribution in [3.8, 4) is 0 Å². The lowest BCUT2D eigenvalue weighted by Crippen LogP contribution is -2.29. The summed E-state index contributed by atoms with van der Waals surface area (Å²) in [6, 6.07) is 10.6. The molecule has 0 aliphatic rings. The van der Waals surface area contributed by atoms with Crippen LogP contribution in [0.2, 0.25) is 10.0 Å². The fraction of sp³-hybridized carbons (Fsp3) is 0.0667. The molecule has 0 saturated heterocycles. The standard InChI is InChI=1S/C15H9Cl2F3N2O/c16-11-5-1-9(2-6-11)13(15(18,19)20)21-22-14(23)10-3-7-12(17)8-4-10/h1-8H,(H,22,23)/b21-13-. The van der Waals surface area contributed by atoms with E-state index < -0.39 is 17.8 Å². The highest BCUT2D eigenvalue weighted by molar-refractivity contribution is 6.31. The summed E-state index contributed by atoms with van der Waals surface area (Å²) in [5.74, 6) is -0.780. The van der Waals surface area contributed by atoms with Crippen molar-refractivity contribution in [3.63, 3.8) is 0 Å². The van der Waals surface area contributed by atoms with E-state index in [2.05, 4.69) is 5.10 Å². The second-order valence-electron chi connectivity index (χ2n) is 4.41. The summed E-state index contributed by atoms with van der Waals surface area (Å²) in [5.41, 5.74) is 0.591. The molecule has 2 aromatic carbocycles. The summed E-state index contributed by atoms with van der Waals surface area (Å²) in [6.07, 6.45) is -4.74. The van der Waals surface area contributed by atoms with Gasteiger partial charge in [-0.1, -0.05) is 35.3 Å². The molecule has 23 heavy (non-hydrogen) atoms. The maximum absolute atomic E-state index is 13.1. The fourth-order valence-corrected chi connectivity index (χ4v) is 1.92. The minimum absolute atomic E-state index is 0.135. The lowest BCUT2D eigenvalue weighted by atomic mass is 10.1. The number of hydrogen-bond acceptors (Lipinski definition) is 2. The van der Waals surface area contributed by atoms with Gasteiger partial charge < -0.3 is 0 Å². The molecule has 1 N–H and O–H groups in total. The number of nitrogens with one attached hydrogen (secondary N) is 1. The number of alkyl halides is 3. The van der Waals surface area contributed by atoms with Gasteiger partial charge in [0.05, 0.1) is 0 Å². The molecule has 120 valence electrons. The Morgan fingerprint density at radius 1 is 0.870 bits per heavy atom. The Balaban J connectivity index is 2.26. The van der Waals surface area contributed by atoms with Gasteiger partial charge in [-0.3, -0.25) is 4.79 Å². The number of benzene rings is 2. The van der Waals surface area contributed by atoms with E-state index in [0.29, 0.717) is 10.0 Å². The maximum atomic E-state index is 13.1. The van der Waals surface area contributed by atoms with Crippen molar-refractivity contribution >= 4 is 34.8 Å². The fourth-order valence-electron chi connectivity index (χ4n) is 1.67. The molecule has 0 bridgehead atoms. The van der Waals surface area contributed by atoms with Crippen LogP contribution >= 0.6 is 23.2 Å². The lowest BCUT2D eigenvalue weighted by Gasteiger charge is -2.11. The average Bonchev–Trinajstić information content (AvgIpc) is 2.48. The molecule has 2 rings (SSSR count). The van der Waals surface area contributed by atoms with Gasteiger partial charge in [-0.05, 0) is 36.4 Å². The van der Waals surface area contributed by atoms with Gasteiger partial charge in [-0.25, -0.2) is 5.43 Å². The second kappa shape index (κ2) is 7.02. The van der Waals surface area contributed by atoms with Crippen molar-refractivity contribution in [2.75, 3.05) is 0 Å². The van der Waals surface area contributed by atoms with Crippen LogP contribution in [0.3, 0.4) is 0 Å². The first-order valence-corrected chi connectivity index (χ1v) is 6.99. The molecule has 0 fully saturated rings. The summed E-state index contributed by atoms with van der Waals surface area (Å²) in [6.45, 7) is 0. The molecular formula is C15H9Cl2F3N2O. The Morgan fingerprint density at radius 3 is 1.74 bits per heavy atom. The van der Waals surface area contributed by atoms with Crippen molar-refractivity contribution in [3.05, 3.63) is 69.7 Å². The van der Waals surface area contributed by atoms with Gasteiger partial charge in [0, 0.05) is 21.2 Å². The van der Waals surface area contributed by atoms with Crippen molar-refractivity contribution in [2.45, 2.75) is 6.18 Å². The van der Waals surface area contributed by atoms with Crippen molar-refractivity contribution in [1.29, 1.82) is 0 Å². The van der Waals surface area contributed by atoms with Crippen molar-refractivity contribution < 1.29 is 18.0 Å². The highest BCUT2D eigenvalue weighted by atomic mass is 35.5. The van der Waals surface area contributed by atoms with Crippen LogP contribution in [0, 0.1) is 0 Å². The molecule has 1 amide bonds. The SMILES string of the molecule is O=C(N/N=C(/c1ccc(Cl)cc1)C(F)(F)F)c1ccc(Cl)cc1. The quantitative estimate of drug-likeness (QED) is 0.626. The van der Waals surface area contributed by atoms with E-state index in [1.807, 2.05) is 5.43 Å². The predicted octanol–water partition coefficient (Wildman–Crippen LogP) is 4.69. The normalized spacial score (nSPS) is 12.1. The molecule has 0 aliphatic heterocycles. The van der Waals surface area contributed by atoms with E-state index in [1.165, 1.54) is 48.5 Å². The van der Waals surface area contributed by atoms with Gasteiger partial charge in [0.15, 0.2) is 5.71 Å². The number of hydrazone groups is 1. The van der Waals surface area contributed by atoms with Crippen LogP contribution in [0.1, 0.15) is 15.9 Å². The third-order valence-corrected chi connectivity index (χ3v) is 3.27. The predicted molar refractivity (Wildman–Crippen MR) is 83.0 cm³/mol. The highest BCUT2D eigenvalue weighted by Gasteiger charge is 2.37. The van der Waals surface area contributed by atoms with Gasteiger partial charge in [0.2, 0.25) is 0 Å². The van der Waals surface area contributed by atoms with Crippen molar-refractivity contribution in [1.82, 2.24) is 5.43 Å². The van der Waals surface area contributed by atoms with Crippen molar-refractivity contribution in [2.24, 2.45) is 5.10 Å². The zero-order chi connectivity index (χ0) is 17.0. The summed E-state index contributed by atoms with van der Waals surface area (Å²) in [5, 5.41) is 3.91. The highest BCUT2D eigenvalue weighted by Crippen LogP contribution is 2.23. The minimum Gasteiger partial charge on any atom is -0.267 e. The number of rotatable bonds is 3. The zero-order valence-electron chi connectivity index (χ0n) is 11.4. The molecule has 0 radical (unpaired) electrons. The molecule has 0 spiro atoms. The molecule has 2 aromatic rings. The van der Waals surface area contributed by atoms with Crippen LogP contribution in [0.25, 0.3) is 0 Å². The van der Waals surface area contributed by atoms with Gasteiger partial charge in [0.1, 0.15) is 0 Å². The molecule has 0 atom stereocenters. The van der Waals surface area contributed by atoms with Gasteiger partial charge >= 0.3 is 6.18 Å². The Bertz CT molecular complexity index is 726. The molecule has 0 heterocycles. The van der Waals surface area contributed by atoms with E-state index in [-0.39, 0.29) is 11.1 Å². The topological polar surface area (TPSA) is 41.5 Å². The van der Waals surface area contributed by atoms with E-state index in [0.717, 1.165) is 0 Å². The molecule has 0 unspecified atom stereocenters. The molecule has 0 aromatic heterocycles. The first kappa shape index (κ1) is 17.3. The first-order chi connectivity index (χ1) is 10.8. The molecule has 3 nitrogen and oxygen atoms in total. The van der Waals surface area contributed by atoms with Crippen LogP contribution in [-0.4, -0.2) is 17.8 Å². The van der Waals surface area contributed by atoms with E-state index in [9.17, 15) is 18.0 Å². The third kappa shape index (κ3) is 4.71. The summed E-state index contributed by atoms with van der Waals surface area (Å²) in [7, 11) is 0. The first-order valence-electron chi connectivity index (χ1n) is 6.24. The summed E-state index contributed by atoms with van der Waals surface area (Å²) in [4.78, 5) is 11.8. The van der Waals surface area contributed by atoms with E-state index >= 15 is 0 Å². The van der Waals surface area contributed by atoms with Gasteiger partial charge in [-0.2, -0.15) is 18.3 Å². The molecule has 8 heteroatoms. The van der Waals surface area contributed by atoms with E-state index in [4.69, 9.17) is 23.2 Å². The average molecular weight is 361 g/mol. The third-order valence-electron chi connectivity index (χ3n) is 2.76. The van der Waals surface area contributed by atoms with E-state index in [1.54, 1.807) is 0 Å². The number of halogens is 5. The largest absolute Gasteiger partial charge is 0.435 e. The monoisotopic (exact) mass is 360 g/mol. The Hall–Kier alpha value is -2.05. The lowest BCUT2D eigenvalue weighted by molar-refractivity contribution is -0.0583. The number of nitrogens with zero attached hydrogens (tertiary/aromatic N) is 1. The zero-order valence-corrected chi connectivity index (χ0v) is 12.9.